The second-order valence-electron chi connectivity index (χ2n) is 16.5. The summed E-state index contributed by atoms with van der Waals surface area (Å²) in [6.07, 6.45) is 89.2. The SMILES string of the molecule is CC/C=C\C/C=C\C/C=C\C/C=C\C/C=C\C/C=C\C/C=C\C/C=C\C/C=C\C/C=C\C/C=C\C/C=C\CCCCCCC(=O)NC(CO)C(O)/C=C/CC/C=C/CCCCCCCC. The number of allylic oxidation sites excluding steroid dienone is 27. The zero-order valence-electron chi connectivity index (χ0n) is 41.4. The van der Waals surface area contributed by atoms with E-state index in [0.29, 0.717) is 6.42 Å². The number of aliphatic hydroxyl groups is 2. The number of amides is 1. The van der Waals surface area contributed by atoms with Crippen LogP contribution in [-0.4, -0.2) is 34.9 Å². The molecule has 0 aliphatic rings. The van der Waals surface area contributed by atoms with Gasteiger partial charge in [0.15, 0.2) is 0 Å². The van der Waals surface area contributed by atoms with Gasteiger partial charge in [0.2, 0.25) is 5.91 Å². The zero-order chi connectivity index (χ0) is 47.0. The van der Waals surface area contributed by atoms with Gasteiger partial charge in [0.1, 0.15) is 0 Å². The molecule has 0 radical (unpaired) electrons. The molecule has 2 atom stereocenters. The van der Waals surface area contributed by atoms with Crippen molar-refractivity contribution in [1.29, 1.82) is 0 Å². The van der Waals surface area contributed by atoms with Gasteiger partial charge in [-0.3, -0.25) is 4.79 Å². The Morgan fingerprint density at radius 2 is 0.692 bits per heavy atom. The largest absolute Gasteiger partial charge is 0.394 e. The first-order chi connectivity index (χ1) is 32.2. The average molecular weight is 890 g/mol. The molecule has 0 aromatic heterocycles. The Labute approximate surface area is 400 Å². The Morgan fingerprint density at radius 3 is 1.08 bits per heavy atom. The van der Waals surface area contributed by atoms with E-state index in [0.717, 1.165) is 128 Å². The van der Waals surface area contributed by atoms with Crippen molar-refractivity contribution in [2.75, 3.05) is 6.61 Å². The smallest absolute Gasteiger partial charge is 0.220 e. The van der Waals surface area contributed by atoms with E-state index >= 15 is 0 Å². The molecule has 3 N–H and O–H groups in total. The molecule has 0 rings (SSSR count). The summed E-state index contributed by atoms with van der Waals surface area (Å²) in [5.41, 5.74) is 0. The number of hydrogen-bond donors (Lipinski definition) is 3. The maximum absolute atomic E-state index is 12.4. The van der Waals surface area contributed by atoms with Gasteiger partial charge >= 0.3 is 0 Å². The normalized spacial score (nSPS) is 14.3. The number of rotatable bonds is 44. The van der Waals surface area contributed by atoms with Crippen LogP contribution >= 0.6 is 0 Å². The van der Waals surface area contributed by atoms with Gasteiger partial charge in [0.05, 0.1) is 18.8 Å². The van der Waals surface area contributed by atoms with Gasteiger partial charge in [0, 0.05) is 6.42 Å². The first-order valence-corrected chi connectivity index (χ1v) is 25.8. The zero-order valence-corrected chi connectivity index (χ0v) is 41.4. The van der Waals surface area contributed by atoms with Crippen molar-refractivity contribution < 1.29 is 15.0 Å². The van der Waals surface area contributed by atoms with E-state index in [9.17, 15) is 15.0 Å². The van der Waals surface area contributed by atoms with Gasteiger partial charge in [-0.05, 0) is 122 Å². The summed E-state index contributed by atoms with van der Waals surface area (Å²) in [5, 5.41) is 22.9. The minimum Gasteiger partial charge on any atom is -0.394 e. The highest BCUT2D eigenvalue weighted by molar-refractivity contribution is 5.76. The summed E-state index contributed by atoms with van der Waals surface area (Å²) < 4.78 is 0. The van der Waals surface area contributed by atoms with Crippen LogP contribution in [0.5, 0.6) is 0 Å². The van der Waals surface area contributed by atoms with Gasteiger partial charge in [0.25, 0.3) is 0 Å². The molecule has 0 bridgehead atoms. The van der Waals surface area contributed by atoms with Gasteiger partial charge in [-0.2, -0.15) is 0 Å². The van der Waals surface area contributed by atoms with Crippen molar-refractivity contribution in [2.24, 2.45) is 0 Å². The summed E-state index contributed by atoms with van der Waals surface area (Å²) in [7, 11) is 0. The number of unbranched alkanes of at least 4 members (excludes halogenated alkanes) is 11. The Kier molecular flexibility index (Phi) is 50.5. The summed E-state index contributed by atoms with van der Waals surface area (Å²) in [5.74, 6) is -0.108. The molecule has 4 nitrogen and oxygen atoms in total. The highest BCUT2D eigenvalue weighted by Crippen LogP contribution is 2.10. The monoisotopic (exact) mass is 890 g/mol. The van der Waals surface area contributed by atoms with Crippen molar-refractivity contribution in [2.45, 2.75) is 199 Å². The van der Waals surface area contributed by atoms with E-state index in [4.69, 9.17) is 0 Å². The van der Waals surface area contributed by atoms with Crippen molar-refractivity contribution >= 4 is 5.91 Å². The third-order valence-electron chi connectivity index (χ3n) is 10.4. The van der Waals surface area contributed by atoms with E-state index in [1.54, 1.807) is 6.08 Å². The Morgan fingerprint density at radius 1 is 0.385 bits per heavy atom. The lowest BCUT2D eigenvalue weighted by molar-refractivity contribution is -0.123. The predicted molar refractivity (Wildman–Crippen MR) is 289 cm³/mol. The standard InChI is InChI=1S/C61H95NO3/c1-3-5-7-9-11-13-15-17-18-19-20-21-22-23-24-25-26-27-28-29-30-31-32-33-34-35-36-37-38-39-40-41-42-43-44-45-47-49-51-53-55-57-61(65)62-59(58-63)60(64)56-54-52-50-48-46-16-14-12-10-8-6-4-2/h5,7,11,13,17-18,20-21,23-24,26-27,29-30,32-33,35-36,38-39,41-42,44-46,48,54,56,59-60,63-64H,3-4,6,8-10,12,14-16,19,22,25,28,31,34,37,40,43,47,49-53,55,57-58H2,1-2H3,(H,62,65)/b7-5-,13-11-,18-17-,21-20-,24-23-,27-26-,30-29-,33-32-,36-35-,39-38-,42-41-,45-44-,48-46+,56-54+. The van der Waals surface area contributed by atoms with Crippen molar-refractivity contribution in [3.05, 3.63) is 170 Å². The molecule has 362 valence electrons. The van der Waals surface area contributed by atoms with Crippen LogP contribution < -0.4 is 5.32 Å². The molecule has 0 saturated carbocycles. The minimum absolute atomic E-state index is 0.108. The topological polar surface area (TPSA) is 69.6 Å². The van der Waals surface area contributed by atoms with E-state index in [2.05, 4.69) is 177 Å². The molecule has 0 saturated heterocycles. The third-order valence-corrected chi connectivity index (χ3v) is 10.4. The van der Waals surface area contributed by atoms with E-state index in [1.807, 2.05) is 6.08 Å². The molecule has 0 fully saturated rings. The third kappa shape index (κ3) is 50.6. The second-order valence-corrected chi connectivity index (χ2v) is 16.5. The van der Waals surface area contributed by atoms with Crippen LogP contribution in [-0.2, 0) is 4.79 Å². The second kappa shape index (κ2) is 54.1. The number of carbonyl (C=O) groups excluding carboxylic acids is 1. The Balaban J connectivity index is 3.75. The number of carbonyl (C=O) groups is 1. The molecule has 2 unspecified atom stereocenters. The van der Waals surface area contributed by atoms with Crippen molar-refractivity contribution in [3.8, 4) is 0 Å². The lowest BCUT2D eigenvalue weighted by Crippen LogP contribution is -2.45. The summed E-state index contributed by atoms with van der Waals surface area (Å²) in [4.78, 5) is 12.4. The van der Waals surface area contributed by atoms with Crippen molar-refractivity contribution in [3.63, 3.8) is 0 Å². The highest BCUT2D eigenvalue weighted by Gasteiger charge is 2.17. The lowest BCUT2D eigenvalue weighted by Gasteiger charge is -2.19. The molecular weight excluding hydrogens is 795 g/mol. The minimum atomic E-state index is -0.884. The molecule has 4 heteroatoms. The first-order valence-electron chi connectivity index (χ1n) is 25.8. The Hall–Kier alpha value is -4.25. The van der Waals surface area contributed by atoms with E-state index in [-0.39, 0.29) is 12.5 Å². The molecule has 0 heterocycles. The first kappa shape index (κ1) is 60.8. The molecule has 0 aliphatic carbocycles. The molecule has 0 aliphatic heterocycles. The van der Waals surface area contributed by atoms with Gasteiger partial charge in [-0.15, -0.1) is 0 Å². The van der Waals surface area contributed by atoms with Crippen LogP contribution in [0.25, 0.3) is 0 Å². The van der Waals surface area contributed by atoms with Crippen LogP contribution in [0, 0.1) is 0 Å². The number of aliphatic hydroxyl groups excluding tert-OH is 2. The lowest BCUT2D eigenvalue weighted by atomic mass is 10.1. The predicted octanol–water partition coefficient (Wildman–Crippen LogP) is 17.2. The Bertz CT molecular complexity index is 1470. The fourth-order valence-electron chi connectivity index (χ4n) is 6.53. The number of hydrogen-bond acceptors (Lipinski definition) is 3. The fraction of sp³-hybridized carbons (Fsp3) is 0.525. The van der Waals surface area contributed by atoms with Crippen LogP contribution in [0.15, 0.2) is 170 Å². The number of nitrogens with one attached hydrogen (secondary N) is 1. The van der Waals surface area contributed by atoms with Crippen LogP contribution in [0.2, 0.25) is 0 Å². The van der Waals surface area contributed by atoms with Crippen LogP contribution in [0.3, 0.4) is 0 Å². The molecule has 65 heavy (non-hydrogen) atoms. The van der Waals surface area contributed by atoms with Gasteiger partial charge < -0.3 is 15.5 Å². The van der Waals surface area contributed by atoms with Gasteiger partial charge in [-0.1, -0.05) is 229 Å². The average Bonchev–Trinajstić information content (AvgIpc) is 3.31. The van der Waals surface area contributed by atoms with Crippen molar-refractivity contribution in [1.82, 2.24) is 5.32 Å². The van der Waals surface area contributed by atoms with E-state index in [1.165, 1.54) is 38.5 Å². The summed E-state index contributed by atoms with van der Waals surface area (Å²) in [6, 6.07) is -0.664. The van der Waals surface area contributed by atoms with Gasteiger partial charge in [-0.25, -0.2) is 0 Å². The molecule has 0 aromatic rings. The molecular formula is C61H95NO3. The fourth-order valence-corrected chi connectivity index (χ4v) is 6.53. The maximum Gasteiger partial charge on any atom is 0.220 e. The maximum atomic E-state index is 12.4. The summed E-state index contributed by atoms with van der Waals surface area (Å²) in [6.45, 7) is 4.13. The molecule has 0 spiro atoms. The molecule has 1 amide bonds. The quantitative estimate of drug-likeness (QED) is 0.0422. The highest BCUT2D eigenvalue weighted by atomic mass is 16.3. The molecule has 0 aromatic carbocycles. The summed E-state index contributed by atoms with van der Waals surface area (Å²) >= 11 is 0. The van der Waals surface area contributed by atoms with Crippen LogP contribution in [0.4, 0.5) is 0 Å². The van der Waals surface area contributed by atoms with E-state index < -0.39 is 12.1 Å². The van der Waals surface area contributed by atoms with Crippen LogP contribution in [0.1, 0.15) is 187 Å².